The summed E-state index contributed by atoms with van der Waals surface area (Å²) in [7, 11) is 1.86. The van der Waals surface area contributed by atoms with Crippen molar-refractivity contribution in [2.45, 2.75) is 13.3 Å². The van der Waals surface area contributed by atoms with E-state index in [0.717, 1.165) is 27.4 Å². The van der Waals surface area contributed by atoms with Crippen LogP contribution in [-0.2, 0) is 7.05 Å². The molecule has 9 nitrogen and oxygen atoms in total. The van der Waals surface area contributed by atoms with Gasteiger partial charge in [-0.05, 0) is 30.6 Å². The van der Waals surface area contributed by atoms with Gasteiger partial charge in [0.1, 0.15) is 10.5 Å². The Morgan fingerprint density at radius 3 is 2.93 bits per heavy atom. The lowest BCUT2D eigenvalue weighted by atomic mass is 10.4. The lowest BCUT2D eigenvalue weighted by Gasteiger charge is -2.10. The largest absolute Gasteiger partial charge is 0.476 e. The van der Waals surface area contributed by atoms with Gasteiger partial charge in [0.15, 0.2) is 0 Å². The fraction of sp³-hybridized carbons (Fsp3) is 0.294. The molecule has 2 N–H and O–H groups in total. The van der Waals surface area contributed by atoms with Crippen molar-refractivity contribution in [3.05, 3.63) is 36.4 Å². The Morgan fingerprint density at radius 2 is 2.22 bits per heavy atom. The lowest BCUT2D eigenvalue weighted by Crippen LogP contribution is -2.06. The molecular weight excluding hydrogens is 366 g/mol. The van der Waals surface area contributed by atoms with E-state index in [-0.39, 0.29) is 6.61 Å². The first-order valence-electron chi connectivity index (χ1n) is 8.46. The number of nitrogens with one attached hydrogen (secondary N) is 1. The highest BCUT2D eigenvalue weighted by Crippen LogP contribution is 2.29. The molecule has 0 saturated heterocycles. The van der Waals surface area contributed by atoms with Crippen LogP contribution in [0.2, 0.25) is 0 Å². The number of aliphatic hydroxyl groups excluding tert-OH is 1. The number of aromatic nitrogens is 6. The van der Waals surface area contributed by atoms with Gasteiger partial charge < -0.3 is 19.7 Å². The number of hydrogen-bond acceptors (Lipinski definition) is 8. The molecule has 0 aromatic carbocycles. The molecule has 0 spiro atoms. The number of aliphatic hydroxyl groups is 1. The molecule has 0 bridgehead atoms. The Balaban J connectivity index is 1.76. The van der Waals surface area contributed by atoms with Gasteiger partial charge in [-0.15, -0.1) is 0 Å². The SMILES string of the molecule is Cc1cc(Nc2nc(OCCCO)c3c(ccn3-c3cnn(C)c3)n2)sn1. The Bertz CT molecular complexity index is 1070. The molecule has 0 saturated carbocycles. The van der Waals surface area contributed by atoms with E-state index in [1.165, 1.54) is 11.5 Å². The third-order valence-electron chi connectivity index (χ3n) is 3.87. The minimum atomic E-state index is 0.0586. The Hall–Kier alpha value is -2.98. The number of aryl methyl sites for hydroxylation is 2. The van der Waals surface area contributed by atoms with Crippen LogP contribution >= 0.6 is 11.5 Å². The van der Waals surface area contributed by atoms with Crippen LogP contribution in [0.25, 0.3) is 16.7 Å². The number of fused-ring (bicyclic) bond motifs is 1. The van der Waals surface area contributed by atoms with Gasteiger partial charge >= 0.3 is 0 Å². The second kappa shape index (κ2) is 7.33. The number of hydrogen-bond donors (Lipinski definition) is 2. The van der Waals surface area contributed by atoms with E-state index in [2.05, 4.69) is 24.8 Å². The van der Waals surface area contributed by atoms with E-state index in [1.807, 2.05) is 43.1 Å². The second-order valence-electron chi connectivity index (χ2n) is 6.03. The van der Waals surface area contributed by atoms with Gasteiger partial charge in [0.25, 0.3) is 0 Å². The predicted molar refractivity (Wildman–Crippen MR) is 103 cm³/mol. The first-order chi connectivity index (χ1) is 13.1. The van der Waals surface area contributed by atoms with Crippen molar-refractivity contribution in [2.75, 3.05) is 18.5 Å². The highest BCUT2D eigenvalue weighted by Gasteiger charge is 2.16. The van der Waals surface area contributed by atoms with Crippen molar-refractivity contribution >= 4 is 33.5 Å². The van der Waals surface area contributed by atoms with Gasteiger partial charge in [0.2, 0.25) is 11.8 Å². The zero-order valence-electron chi connectivity index (χ0n) is 15.0. The molecule has 140 valence electrons. The van der Waals surface area contributed by atoms with E-state index in [9.17, 15) is 0 Å². The standard InChI is InChI=1S/C17H19N7O2S/c1-11-8-14(27-22-11)20-17-19-13-4-5-24(12-9-18-23(2)10-12)15(13)16(21-17)26-7-3-6-25/h4-5,8-10,25H,3,6-7H2,1-2H3,(H,19,20,21). The first-order valence-corrected chi connectivity index (χ1v) is 9.23. The summed E-state index contributed by atoms with van der Waals surface area (Å²) in [6.45, 7) is 2.35. The quantitative estimate of drug-likeness (QED) is 0.471. The molecule has 4 aromatic rings. The molecule has 0 atom stereocenters. The molecule has 0 fully saturated rings. The third kappa shape index (κ3) is 3.62. The Morgan fingerprint density at radius 1 is 1.33 bits per heavy atom. The number of nitrogens with zero attached hydrogens (tertiary/aromatic N) is 6. The molecule has 27 heavy (non-hydrogen) atoms. The van der Waals surface area contributed by atoms with Crippen LogP contribution < -0.4 is 10.1 Å². The average Bonchev–Trinajstić information content (AvgIpc) is 3.35. The molecule has 0 amide bonds. The average molecular weight is 385 g/mol. The Labute approximate surface area is 159 Å². The van der Waals surface area contributed by atoms with E-state index in [0.29, 0.717) is 24.9 Å². The molecule has 0 radical (unpaired) electrons. The van der Waals surface area contributed by atoms with Crippen molar-refractivity contribution in [1.29, 1.82) is 0 Å². The summed E-state index contributed by atoms with van der Waals surface area (Å²) in [5.41, 5.74) is 3.33. The normalized spacial score (nSPS) is 11.2. The monoisotopic (exact) mass is 385 g/mol. The van der Waals surface area contributed by atoms with Gasteiger partial charge in [-0.25, -0.2) is 4.98 Å². The van der Waals surface area contributed by atoms with Crippen molar-refractivity contribution in [1.82, 2.24) is 28.7 Å². The topological polar surface area (TPSA) is 103 Å². The van der Waals surface area contributed by atoms with Gasteiger partial charge in [-0.3, -0.25) is 4.68 Å². The highest BCUT2D eigenvalue weighted by molar-refractivity contribution is 7.10. The first kappa shape index (κ1) is 17.4. The summed E-state index contributed by atoms with van der Waals surface area (Å²) in [6.07, 6.45) is 6.11. The smallest absolute Gasteiger partial charge is 0.243 e. The summed E-state index contributed by atoms with van der Waals surface area (Å²) in [6, 6.07) is 3.84. The van der Waals surface area contributed by atoms with E-state index >= 15 is 0 Å². The fourth-order valence-electron chi connectivity index (χ4n) is 2.68. The number of ether oxygens (including phenoxy) is 1. The van der Waals surface area contributed by atoms with E-state index in [1.54, 1.807) is 10.9 Å². The molecule has 4 heterocycles. The summed E-state index contributed by atoms with van der Waals surface area (Å²) in [5, 5.41) is 17.3. The zero-order valence-corrected chi connectivity index (χ0v) is 15.8. The Kier molecular flexibility index (Phi) is 4.73. The van der Waals surface area contributed by atoms with E-state index < -0.39 is 0 Å². The fourth-order valence-corrected chi connectivity index (χ4v) is 3.34. The summed E-state index contributed by atoms with van der Waals surface area (Å²) in [5.74, 6) is 0.889. The summed E-state index contributed by atoms with van der Waals surface area (Å²) >= 11 is 1.35. The van der Waals surface area contributed by atoms with Gasteiger partial charge in [-0.2, -0.15) is 14.5 Å². The molecule has 0 aliphatic rings. The molecule has 4 rings (SSSR count). The van der Waals surface area contributed by atoms with Gasteiger partial charge in [0, 0.05) is 32.5 Å². The van der Waals surface area contributed by atoms with Crippen molar-refractivity contribution < 1.29 is 9.84 Å². The maximum atomic E-state index is 9.06. The van der Waals surface area contributed by atoms with Gasteiger partial charge in [0.05, 0.1) is 29.7 Å². The maximum Gasteiger partial charge on any atom is 0.243 e. The molecule has 10 heteroatoms. The van der Waals surface area contributed by atoms with Crippen molar-refractivity contribution in [3.8, 4) is 11.6 Å². The van der Waals surface area contributed by atoms with Crippen LogP contribution in [0.4, 0.5) is 10.9 Å². The molecule has 0 aliphatic carbocycles. The minimum Gasteiger partial charge on any atom is -0.476 e. The predicted octanol–water partition coefficient (Wildman–Crippen LogP) is 2.42. The van der Waals surface area contributed by atoms with E-state index in [4.69, 9.17) is 9.84 Å². The van der Waals surface area contributed by atoms with Crippen molar-refractivity contribution in [2.24, 2.45) is 7.05 Å². The van der Waals surface area contributed by atoms with Crippen LogP contribution in [0.3, 0.4) is 0 Å². The molecule has 4 aromatic heterocycles. The second-order valence-corrected chi connectivity index (χ2v) is 6.83. The van der Waals surface area contributed by atoms with Gasteiger partial charge in [-0.1, -0.05) is 0 Å². The summed E-state index contributed by atoms with van der Waals surface area (Å²) in [4.78, 5) is 9.15. The lowest BCUT2D eigenvalue weighted by molar-refractivity contribution is 0.230. The van der Waals surface area contributed by atoms with Crippen LogP contribution in [0, 0.1) is 6.92 Å². The molecule has 0 unspecified atom stereocenters. The van der Waals surface area contributed by atoms with Crippen LogP contribution in [0.15, 0.2) is 30.7 Å². The highest BCUT2D eigenvalue weighted by atomic mass is 32.1. The summed E-state index contributed by atoms with van der Waals surface area (Å²) < 4.78 is 13.8. The van der Waals surface area contributed by atoms with Crippen LogP contribution in [0.1, 0.15) is 12.1 Å². The number of rotatable bonds is 7. The minimum absolute atomic E-state index is 0.0586. The van der Waals surface area contributed by atoms with Crippen LogP contribution in [0.5, 0.6) is 5.88 Å². The van der Waals surface area contributed by atoms with Crippen LogP contribution in [-0.4, -0.2) is 47.0 Å². The zero-order chi connectivity index (χ0) is 18.8. The van der Waals surface area contributed by atoms with Crippen molar-refractivity contribution in [3.63, 3.8) is 0 Å². The third-order valence-corrected chi connectivity index (χ3v) is 4.67. The maximum absolute atomic E-state index is 9.06. The molecular formula is C17H19N7O2S. The molecule has 0 aliphatic heterocycles. The number of anilines is 2.